The van der Waals surface area contributed by atoms with Crippen LogP contribution in [0.5, 0.6) is 5.75 Å². The molecule has 1 aliphatic carbocycles. The van der Waals surface area contributed by atoms with Crippen molar-refractivity contribution in [2.45, 2.75) is 31.3 Å². The lowest BCUT2D eigenvalue weighted by Crippen LogP contribution is -2.44. The van der Waals surface area contributed by atoms with E-state index in [4.69, 9.17) is 10.5 Å². The number of para-hydroxylation sites is 1. The number of methoxy groups -OCH3 is 1. The smallest absolute Gasteiger partial charge is 0.242 e. The molecule has 0 saturated heterocycles. The predicted octanol–water partition coefficient (Wildman–Crippen LogP) is 1.71. The second-order valence-electron chi connectivity index (χ2n) is 4.99. The molecule has 1 aromatic carbocycles. The van der Waals surface area contributed by atoms with Crippen molar-refractivity contribution >= 4 is 5.91 Å². The highest BCUT2D eigenvalue weighted by molar-refractivity contribution is 5.89. The number of hydrogen-bond acceptors (Lipinski definition) is 3. The molecular weight excluding hydrogens is 228 g/mol. The minimum Gasteiger partial charge on any atom is -0.496 e. The van der Waals surface area contributed by atoms with E-state index < -0.39 is 5.54 Å². The maximum atomic E-state index is 12.2. The second kappa shape index (κ2) is 4.61. The quantitative estimate of drug-likeness (QED) is 0.882. The maximum absolute atomic E-state index is 12.2. The van der Waals surface area contributed by atoms with Gasteiger partial charge < -0.3 is 15.4 Å². The largest absolute Gasteiger partial charge is 0.496 e. The van der Waals surface area contributed by atoms with E-state index in [1.165, 1.54) is 0 Å². The van der Waals surface area contributed by atoms with Crippen molar-refractivity contribution in [3.63, 3.8) is 0 Å². The Morgan fingerprint density at radius 2 is 2.06 bits per heavy atom. The van der Waals surface area contributed by atoms with E-state index in [9.17, 15) is 4.79 Å². The van der Waals surface area contributed by atoms with Gasteiger partial charge in [0.1, 0.15) is 5.75 Å². The molecule has 18 heavy (non-hydrogen) atoms. The molecule has 1 unspecified atom stereocenters. The molecule has 1 aromatic rings. The Balaban J connectivity index is 2.20. The van der Waals surface area contributed by atoms with Gasteiger partial charge in [-0.1, -0.05) is 18.2 Å². The SMILES string of the molecule is COc1ccccc1C(C)N(C)C(=O)C1(N)CC1. The Morgan fingerprint density at radius 1 is 1.44 bits per heavy atom. The molecule has 4 nitrogen and oxygen atoms in total. The first kappa shape index (κ1) is 12.9. The highest BCUT2D eigenvalue weighted by atomic mass is 16.5. The van der Waals surface area contributed by atoms with Gasteiger partial charge in [0.15, 0.2) is 0 Å². The molecule has 0 spiro atoms. The Hall–Kier alpha value is -1.55. The Bertz CT molecular complexity index is 455. The molecule has 4 heteroatoms. The Labute approximate surface area is 108 Å². The standard InChI is InChI=1S/C14H20N2O2/c1-10(11-6-4-5-7-12(11)18-3)16(2)13(17)14(15)8-9-14/h4-7,10H,8-9,15H2,1-3H3. The lowest BCUT2D eigenvalue weighted by Gasteiger charge is -2.28. The number of likely N-dealkylation sites (N-methyl/N-ethyl adjacent to an activating group) is 1. The molecule has 2 N–H and O–H groups in total. The minimum absolute atomic E-state index is 0.0147. The summed E-state index contributed by atoms with van der Waals surface area (Å²) in [4.78, 5) is 13.9. The molecule has 0 aliphatic heterocycles. The van der Waals surface area contributed by atoms with Crippen molar-refractivity contribution in [1.29, 1.82) is 0 Å². The van der Waals surface area contributed by atoms with E-state index in [2.05, 4.69) is 0 Å². The van der Waals surface area contributed by atoms with Crippen molar-refractivity contribution < 1.29 is 9.53 Å². The minimum atomic E-state index is -0.620. The van der Waals surface area contributed by atoms with Gasteiger partial charge in [-0.25, -0.2) is 0 Å². The molecule has 1 fully saturated rings. The summed E-state index contributed by atoms with van der Waals surface area (Å²) in [5.41, 5.74) is 6.34. The van der Waals surface area contributed by atoms with Gasteiger partial charge >= 0.3 is 0 Å². The van der Waals surface area contributed by atoms with Crippen molar-refractivity contribution in [3.05, 3.63) is 29.8 Å². The molecule has 1 aliphatic rings. The van der Waals surface area contributed by atoms with Gasteiger partial charge in [-0.05, 0) is 25.8 Å². The van der Waals surface area contributed by atoms with Gasteiger partial charge in [0.2, 0.25) is 5.91 Å². The van der Waals surface area contributed by atoms with E-state index >= 15 is 0 Å². The van der Waals surface area contributed by atoms with Crippen LogP contribution < -0.4 is 10.5 Å². The molecular formula is C14H20N2O2. The molecule has 1 atom stereocenters. The lowest BCUT2D eigenvalue weighted by molar-refractivity contribution is -0.134. The fourth-order valence-electron chi connectivity index (χ4n) is 2.10. The zero-order chi connectivity index (χ0) is 13.3. The monoisotopic (exact) mass is 248 g/mol. The number of benzene rings is 1. The average Bonchev–Trinajstić information content (AvgIpc) is 3.15. The van der Waals surface area contributed by atoms with Crippen LogP contribution in [0.3, 0.4) is 0 Å². The van der Waals surface area contributed by atoms with Crippen LogP contribution in [0.2, 0.25) is 0 Å². The number of carbonyl (C=O) groups is 1. The third-order valence-electron chi connectivity index (χ3n) is 3.70. The second-order valence-corrected chi connectivity index (χ2v) is 4.99. The average molecular weight is 248 g/mol. The van der Waals surface area contributed by atoms with Crippen molar-refractivity contribution in [3.8, 4) is 5.75 Å². The zero-order valence-electron chi connectivity index (χ0n) is 11.1. The van der Waals surface area contributed by atoms with Crippen LogP contribution in [0.25, 0.3) is 0 Å². The van der Waals surface area contributed by atoms with Crippen molar-refractivity contribution in [2.75, 3.05) is 14.2 Å². The first-order chi connectivity index (χ1) is 8.49. The van der Waals surface area contributed by atoms with Gasteiger partial charge in [-0.2, -0.15) is 0 Å². The molecule has 1 saturated carbocycles. The summed E-state index contributed by atoms with van der Waals surface area (Å²) in [5, 5.41) is 0. The van der Waals surface area contributed by atoms with E-state index in [1.54, 1.807) is 19.1 Å². The van der Waals surface area contributed by atoms with E-state index in [1.807, 2.05) is 31.2 Å². The number of nitrogens with zero attached hydrogens (tertiary/aromatic N) is 1. The number of carbonyl (C=O) groups excluding carboxylic acids is 1. The molecule has 2 rings (SSSR count). The maximum Gasteiger partial charge on any atom is 0.242 e. The third-order valence-corrected chi connectivity index (χ3v) is 3.70. The van der Waals surface area contributed by atoms with Crippen LogP contribution in [-0.4, -0.2) is 30.5 Å². The normalized spacial score (nSPS) is 18.0. The van der Waals surface area contributed by atoms with E-state index in [-0.39, 0.29) is 11.9 Å². The van der Waals surface area contributed by atoms with Crippen LogP contribution >= 0.6 is 0 Å². The zero-order valence-corrected chi connectivity index (χ0v) is 11.1. The molecule has 98 valence electrons. The third kappa shape index (κ3) is 2.20. The summed E-state index contributed by atoms with van der Waals surface area (Å²) in [6.45, 7) is 1.99. The Kier molecular flexibility index (Phi) is 3.30. The van der Waals surface area contributed by atoms with Crippen molar-refractivity contribution in [1.82, 2.24) is 4.90 Å². The van der Waals surface area contributed by atoms with Gasteiger partial charge in [-0.3, -0.25) is 4.79 Å². The summed E-state index contributed by atoms with van der Waals surface area (Å²) in [6.07, 6.45) is 1.57. The number of rotatable bonds is 4. The molecule has 0 aromatic heterocycles. The number of nitrogens with two attached hydrogens (primary N) is 1. The van der Waals surface area contributed by atoms with Gasteiger partial charge in [-0.15, -0.1) is 0 Å². The summed E-state index contributed by atoms with van der Waals surface area (Å²) in [5.74, 6) is 0.812. The summed E-state index contributed by atoms with van der Waals surface area (Å²) < 4.78 is 5.33. The number of ether oxygens (including phenoxy) is 1. The predicted molar refractivity (Wildman–Crippen MR) is 70.3 cm³/mol. The fourth-order valence-corrected chi connectivity index (χ4v) is 2.10. The van der Waals surface area contributed by atoms with Gasteiger partial charge in [0.25, 0.3) is 0 Å². The first-order valence-corrected chi connectivity index (χ1v) is 6.18. The lowest BCUT2D eigenvalue weighted by atomic mass is 10.0. The Morgan fingerprint density at radius 3 is 2.61 bits per heavy atom. The molecule has 0 radical (unpaired) electrons. The van der Waals surface area contributed by atoms with Crippen LogP contribution in [0.15, 0.2) is 24.3 Å². The summed E-state index contributed by atoms with van der Waals surface area (Å²) >= 11 is 0. The molecule has 0 heterocycles. The van der Waals surface area contributed by atoms with Gasteiger partial charge in [0, 0.05) is 12.6 Å². The summed E-state index contributed by atoms with van der Waals surface area (Å²) in [7, 11) is 3.44. The van der Waals surface area contributed by atoms with Crippen molar-refractivity contribution in [2.24, 2.45) is 5.73 Å². The van der Waals surface area contributed by atoms with Crippen LogP contribution in [-0.2, 0) is 4.79 Å². The van der Waals surface area contributed by atoms with Crippen LogP contribution in [0.1, 0.15) is 31.4 Å². The van der Waals surface area contributed by atoms with Crippen LogP contribution in [0, 0.1) is 0 Å². The van der Waals surface area contributed by atoms with Gasteiger partial charge in [0.05, 0.1) is 18.7 Å². The fraction of sp³-hybridized carbons (Fsp3) is 0.500. The van der Waals surface area contributed by atoms with E-state index in [0.717, 1.165) is 24.2 Å². The molecule has 1 amide bonds. The number of hydrogen-bond donors (Lipinski definition) is 1. The topological polar surface area (TPSA) is 55.6 Å². The van der Waals surface area contributed by atoms with E-state index in [0.29, 0.717) is 0 Å². The highest BCUT2D eigenvalue weighted by Gasteiger charge is 2.48. The highest BCUT2D eigenvalue weighted by Crippen LogP contribution is 2.37. The molecule has 0 bridgehead atoms. The van der Waals surface area contributed by atoms with Crippen LogP contribution in [0.4, 0.5) is 0 Å². The first-order valence-electron chi connectivity index (χ1n) is 6.18. The number of amides is 1. The summed E-state index contributed by atoms with van der Waals surface area (Å²) in [6, 6.07) is 7.70.